The molecule has 0 saturated carbocycles. The van der Waals surface area contributed by atoms with Gasteiger partial charge in [-0.1, -0.05) is 54.6 Å². The van der Waals surface area contributed by atoms with Crippen molar-refractivity contribution in [3.8, 4) is 0 Å². The van der Waals surface area contributed by atoms with E-state index in [1.807, 2.05) is 0 Å². The number of aromatic amines is 2. The Morgan fingerprint density at radius 2 is 1.23 bits per heavy atom. The standard InChI is InChI=1S/C31H24N4O8.C10H12N4O5/c36-27-23-26(32-17-33-27)35(18-34-23)28-25(43-31(39)21-14-8-3-9-15-21)24(42-30(38)20-12-6-2-7-13-20)22(41-28)16-40-29(37)19-10-4-1-5-11-19;15-2-5-7(16)8(17)10(19-5)14-3-11-6-4(14)1-12-13-9(6)18/h1-15,17-18,22,24-25,28H,16H2,(H,32,33,36);1,3,5,7-8,10,15-17H,2H2,(H,13,18)/t22-,24-,25-,28-;5-,7-,8-,10-/m11/s1. The van der Waals surface area contributed by atoms with Crippen molar-refractivity contribution < 1.29 is 53.4 Å². The lowest BCUT2D eigenvalue weighted by atomic mass is 10.1. The van der Waals surface area contributed by atoms with Gasteiger partial charge in [-0.15, -0.1) is 0 Å². The predicted octanol–water partition coefficient (Wildman–Crippen LogP) is 1.06. The molecule has 0 spiro atoms. The fourth-order valence-electron chi connectivity index (χ4n) is 6.92. The number of carbonyl (C=O) groups excluding carboxylic acids is 3. The molecule has 4 aromatic heterocycles. The van der Waals surface area contributed by atoms with E-state index >= 15 is 0 Å². The maximum Gasteiger partial charge on any atom is 0.338 e. The molecule has 2 aliphatic rings. The van der Waals surface area contributed by atoms with E-state index in [-0.39, 0.29) is 34.4 Å². The number of rotatable bonds is 10. The Labute approximate surface area is 348 Å². The van der Waals surface area contributed by atoms with Crippen LogP contribution in [-0.4, -0.2) is 122 Å². The first-order valence-corrected chi connectivity index (χ1v) is 19.0. The van der Waals surface area contributed by atoms with Gasteiger partial charge in [0, 0.05) is 0 Å². The summed E-state index contributed by atoms with van der Waals surface area (Å²) in [5.74, 6) is -2.04. The van der Waals surface area contributed by atoms with E-state index in [0.29, 0.717) is 11.1 Å². The van der Waals surface area contributed by atoms with E-state index in [0.717, 1.165) is 0 Å². The van der Waals surface area contributed by atoms with Crippen LogP contribution in [0, 0.1) is 0 Å². The molecule has 7 aromatic rings. The van der Waals surface area contributed by atoms with Crippen molar-refractivity contribution in [2.24, 2.45) is 0 Å². The van der Waals surface area contributed by atoms with Crippen LogP contribution in [0.3, 0.4) is 0 Å². The molecule has 3 aromatic carbocycles. The lowest BCUT2D eigenvalue weighted by molar-refractivity contribution is -0.0606. The molecule has 9 rings (SSSR count). The minimum absolute atomic E-state index is 0.0241. The van der Waals surface area contributed by atoms with Crippen LogP contribution in [0.1, 0.15) is 43.5 Å². The van der Waals surface area contributed by atoms with Crippen molar-refractivity contribution in [3.05, 3.63) is 154 Å². The summed E-state index contributed by atoms with van der Waals surface area (Å²) in [6.45, 7) is -0.767. The molecule has 62 heavy (non-hydrogen) atoms. The number of ether oxygens (including phenoxy) is 5. The molecule has 0 amide bonds. The number of carbonyl (C=O) groups is 3. The summed E-state index contributed by atoms with van der Waals surface area (Å²) in [6.07, 6.45) is -3.79. The van der Waals surface area contributed by atoms with Gasteiger partial charge in [0.05, 0.1) is 54.0 Å². The molecule has 2 aliphatic heterocycles. The number of esters is 3. The van der Waals surface area contributed by atoms with Gasteiger partial charge in [-0.25, -0.2) is 34.4 Å². The highest BCUT2D eigenvalue weighted by Gasteiger charge is 2.52. The number of aliphatic hydroxyl groups is 3. The van der Waals surface area contributed by atoms with E-state index in [4.69, 9.17) is 28.8 Å². The van der Waals surface area contributed by atoms with Crippen LogP contribution in [0.4, 0.5) is 0 Å². The van der Waals surface area contributed by atoms with E-state index in [1.165, 1.54) is 34.3 Å². The molecule has 2 saturated heterocycles. The van der Waals surface area contributed by atoms with Gasteiger partial charge in [-0.3, -0.25) is 18.7 Å². The lowest BCUT2D eigenvalue weighted by Crippen LogP contribution is -2.41. The highest BCUT2D eigenvalue weighted by molar-refractivity contribution is 5.91. The molecule has 0 unspecified atom stereocenters. The third-order valence-electron chi connectivity index (χ3n) is 10.0. The minimum Gasteiger partial charge on any atom is -0.459 e. The van der Waals surface area contributed by atoms with Gasteiger partial charge in [-0.05, 0) is 36.4 Å². The Balaban J connectivity index is 0.000000231. The Morgan fingerprint density at radius 3 is 1.84 bits per heavy atom. The molecule has 318 valence electrons. The van der Waals surface area contributed by atoms with Crippen molar-refractivity contribution in [1.82, 2.24) is 39.3 Å². The molecule has 21 nitrogen and oxygen atoms in total. The Hall–Kier alpha value is -7.43. The van der Waals surface area contributed by atoms with Gasteiger partial charge >= 0.3 is 17.9 Å². The zero-order valence-electron chi connectivity index (χ0n) is 32.1. The minimum atomic E-state index is -1.26. The van der Waals surface area contributed by atoms with Crippen LogP contribution in [0.25, 0.3) is 22.2 Å². The first kappa shape index (κ1) is 41.3. The zero-order chi connectivity index (χ0) is 43.3. The van der Waals surface area contributed by atoms with Crippen LogP contribution in [0.15, 0.2) is 126 Å². The lowest BCUT2D eigenvalue weighted by Gasteiger charge is -2.25. The van der Waals surface area contributed by atoms with Gasteiger partial charge in [-0.2, -0.15) is 5.10 Å². The first-order chi connectivity index (χ1) is 30.1. The highest BCUT2D eigenvalue weighted by Crippen LogP contribution is 2.37. The van der Waals surface area contributed by atoms with Crippen LogP contribution in [-0.2, 0) is 23.7 Å². The summed E-state index contributed by atoms with van der Waals surface area (Å²) in [4.78, 5) is 77.9. The monoisotopic (exact) mass is 848 g/mol. The number of hydrogen-bond acceptors (Lipinski definition) is 17. The number of nitrogens with zero attached hydrogens (tertiary/aromatic N) is 6. The molecule has 2 fully saturated rings. The van der Waals surface area contributed by atoms with Crippen molar-refractivity contribution in [1.29, 1.82) is 0 Å². The third kappa shape index (κ3) is 8.33. The van der Waals surface area contributed by atoms with Gasteiger partial charge in [0.25, 0.3) is 11.1 Å². The van der Waals surface area contributed by atoms with E-state index in [1.54, 1.807) is 91.0 Å². The Bertz CT molecular complexity index is 2800. The largest absolute Gasteiger partial charge is 0.459 e. The van der Waals surface area contributed by atoms with E-state index in [2.05, 4.69) is 30.1 Å². The summed E-state index contributed by atoms with van der Waals surface area (Å²) in [6, 6.07) is 24.9. The second-order valence-electron chi connectivity index (χ2n) is 13.9. The van der Waals surface area contributed by atoms with Crippen molar-refractivity contribution in [3.63, 3.8) is 0 Å². The van der Waals surface area contributed by atoms with Crippen LogP contribution in [0.2, 0.25) is 0 Å². The number of imidazole rings is 2. The molecular weight excluding hydrogens is 812 g/mol. The topological polar surface area (TPSA) is 285 Å². The average Bonchev–Trinajstić information content (AvgIpc) is 4.08. The number of fused-ring (bicyclic) bond motifs is 2. The third-order valence-corrected chi connectivity index (χ3v) is 10.0. The van der Waals surface area contributed by atoms with Crippen molar-refractivity contribution >= 4 is 40.1 Å². The van der Waals surface area contributed by atoms with Crippen molar-refractivity contribution in [2.75, 3.05) is 13.2 Å². The molecule has 0 bridgehead atoms. The smallest absolute Gasteiger partial charge is 0.338 e. The van der Waals surface area contributed by atoms with Gasteiger partial charge < -0.3 is 44.0 Å². The summed E-state index contributed by atoms with van der Waals surface area (Å²) in [5.41, 5.74) is 0.569. The quantitative estimate of drug-likeness (QED) is 0.0950. The SMILES string of the molecule is O=C(OC[C@H]1O[C@@H](n2cnc3c(=O)[nH]cnc32)[C@H](OC(=O)c2ccccc2)[C@@H]1OC(=O)c1ccccc1)c1ccccc1.O=c1[nH]ncc2c1ncn2[C@@H]1O[C@H](CO)[C@@H](O)[C@H]1O. The fourth-order valence-corrected chi connectivity index (χ4v) is 6.92. The molecular formula is C41H36N8O13. The van der Waals surface area contributed by atoms with Gasteiger partial charge in [0.2, 0.25) is 0 Å². The molecule has 8 atom stereocenters. The maximum atomic E-state index is 13.3. The average molecular weight is 849 g/mol. The molecule has 0 radical (unpaired) electrons. The molecule has 0 aliphatic carbocycles. The number of benzene rings is 3. The molecule has 6 heterocycles. The van der Waals surface area contributed by atoms with Gasteiger partial charge in [0.1, 0.15) is 31.0 Å². The van der Waals surface area contributed by atoms with E-state index < -0.39 is 84.7 Å². The normalized spacial score (nSPS) is 23.1. The second kappa shape index (κ2) is 18.0. The number of H-pyrrole nitrogens is 2. The number of aromatic nitrogens is 8. The Kier molecular flexibility index (Phi) is 12.0. The van der Waals surface area contributed by atoms with E-state index in [9.17, 15) is 34.2 Å². The van der Waals surface area contributed by atoms with Crippen LogP contribution < -0.4 is 11.1 Å². The number of aliphatic hydroxyl groups excluding tert-OH is 3. The van der Waals surface area contributed by atoms with Crippen LogP contribution in [0.5, 0.6) is 0 Å². The summed E-state index contributed by atoms with van der Waals surface area (Å²) < 4.78 is 31.9. The van der Waals surface area contributed by atoms with Crippen LogP contribution >= 0.6 is 0 Å². The molecule has 21 heteroatoms. The summed E-state index contributed by atoms with van der Waals surface area (Å²) in [5, 5.41) is 34.6. The first-order valence-electron chi connectivity index (χ1n) is 19.0. The number of hydrogen-bond donors (Lipinski definition) is 5. The Morgan fingerprint density at radius 1 is 0.661 bits per heavy atom. The maximum absolute atomic E-state index is 13.3. The fraction of sp³-hybridized carbons (Fsp3) is 0.244. The van der Waals surface area contributed by atoms with Crippen molar-refractivity contribution in [2.45, 2.75) is 49.1 Å². The summed E-state index contributed by atoms with van der Waals surface area (Å²) >= 11 is 0. The second-order valence-corrected chi connectivity index (χ2v) is 13.9. The predicted molar refractivity (Wildman–Crippen MR) is 211 cm³/mol. The zero-order valence-corrected chi connectivity index (χ0v) is 32.1. The summed E-state index contributed by atoms with van der Waals surface area (Å²) in [7, 11) is 0. The highest BCUT2D eigenvalue weighted by atomic mass is 16.7. The number of nitrogens with one attached hydrogen (secondary N) is 2. The van der Waals surface area contributed by atoms with Gasteiger partial charge in [0.15, 0.2) is 41.3 Å². The molecule has 5 N–H and O–H groups in total.